The van der Waals surface area contributed by atoms with E-state index in [0.29, 0.717) is 20.5 Å². The van der Waals surface area contributed by atoms with Gasteiger partial charge in [-0.15, -0.1) is 22.7 Å². The molecule has 3 rings (SSSR count). The summed E-state index contributed by atoms with van der Waals surface area (Å²) in [5, 5.41) is 6.22. The third kappa shape index (κ3) is 3.10. The van der Waals surface area contributed by atoms with Gasteiger partial charge in [0.15, 0.2) is 0 Å². The van der Waals surface area contributed by atoms with Gasteiger partial charge in [-0.05, 0) is 24.4 Å². The maximum atomic E-state index is 12.5. The van der Waals surface area contributed by atoms with Gasteiger partial charge in [0.2, 0.25) is 0 Å². The summed E-state index contributed by atoms with van der Waals surface area (Å²) in [6.07, 6.45) is 0. The first-order chi connectivity index (χ1) is 11.1. The highest BCUT2D eigenvalue weighted by Gasteiger charge is 2.20. The lowest BCUT2D eigenvalue weighted by Crippen LogP contribution is -2.13. The van der Waals surface area contributed by atoms with Crippen molar-refractivity contribution in [1.29, 1.82) is 0 Å². The number of nitrogens with one attached hydrogen (secondary N) is 1. The standard InChI is InChI=1S/C16H12ClNO3S2/c1-2-21-16(20)10-7-8-22-15(10)18-14(19)13-12(17)9-5-3-4-6-11(9)23-13/h3-8H,2H2,1H3,(H,18,19). The molecule has 0 saturated heterocycles. The lowest BCUT2D eigenvalue weighted by Gasteiger charge is -2.05. The highest BCUT2D eigenvalue weighted by atomic mass is 35.5. The number of fused-ring (bicyclic) bond motifs is 1. The number of esters is 1. The molecule has 0 aliphatic rings. The van der Waals surface area contributed by atoms with Crippen LogP contribution in [-0.4, -0.2) is 18.5 Å². The maximum Gasteiger partial charge on any atom is 0.341 e. The van der Waals surface area contributed by atoms with Crippen LogP contribution in [0.5, 0.6) is 0 Å². The Labute approximate surface area is 145 Å². The molecule has 0 aliphatic heterocycles. The van der Waals surface area contributed by atoms with Gasteiger partial charge in [-0.1, -0.05) is 29.8 Å². The predicted octanol–water partition coefficient (Wildman–Crippen LogP) is 5.05. The van der Waals surface area contributed by atoms with Crippen LogP contribution in [0.1, 0.15) is 27.0 Å². The van der Waals surface area contributed by atoms with Crippen LogP contribution in [0.25, 0.3) is 10.1 Å². The molecular weight excluding hydrogens is 354 g/mol. The van der Waals surface area contributed by atoms with Crippen LogP contribution in [0.4, 0.5) is 5.00 Å². The fourth-order valence-corrected chi connectivity index (χ4v) is 4.28. The van der Waals surface area contributed by atoms with Crippen molar-refractivity contribution in [1.82, 2.24) is 0 Å². The number of carbonyl (C=O) groups excluding carboxylic acids is 2. The van der Waals surface area contributed by atoms with Crippen LogP contribution in [-0.2, 0) is 4.74 Å². The molecule has 0 radical (unpaired) electrons. The Morgan fingerprint density at radius 3 is 2.78 bits per heavy atom. The fraction of sp³-hybridized carbons (Fsp3) is 0.125. The predicted molar refractivity (Wildman–Crippen MR) is 95.1 cm³/mol. The molecule has 0 fully saturated rings. The van der Waals surface area contributed by atoms with E-state index in [-0.39, 0.29) is 12.5 Å². The third-order valence-corrected chi connectivity index (χ3v) is 5.63. The molecule has 0 spiro atoms. The number of anilines is 1. The number of hydrogen-bond acceptors (Lipinski definition) is 5. The molecule has 0 saturated carbocycles. The molecule has 0 bridgehead atoms. The minimum Gasteiger partial charge on any atom is -0.462 e. The van der Waals surface area contributed by atoms with Crippen molar-refractivity contribution in [3.63, 3.8) is 0 Å². The summed E-state index contributed by atoms with van der Waals surface area (Å²) in [4.78, 5) is 24.8. The van der Waals surface area contributed by atoms with Crippen molar-refractivity contribution < 1.29 is 14.3 Å². The summed E-state index contributed by atoms with van der Waals surface area (Å²) in [5.74, 6) is -0.782. The molecule has 2 aromatic heterocycles. The lowest BCUT2D eigenvalue weighted by atomic mass is 10.2. The monoisotopic (exact) mass is 365 g/mol. The highest BCUT2D eigenvalue weighted by molar-refractivity contribution is 7.22. The topological polar surface area (TPSA) is 55.4 Å². The summed E-state index contributed by atoms with van der Waals surface area (Å²) >= 11 is 8.90. The molecule has 23 heavy (non-hydrogen) atoms. The summed E-state index contributed by atoms with van der Waals surface area (Å²) in [5.41, 5.74) is 0.349. The first-order valence-electron chi connectivity index (χ1n) is 6.84. The Morgan fingerprint density at radius 2 is 2.04 bits per heavy atom. The van der Waals surface area contributed by atoms with Gasteiger partial charge in [0.25, 0.3) is 5.91 Å². The molecule has 118 valence electrons. The van der Waals surface area contributed by atoms with E-state index in [2.05, 4.69) is 5.32 Å². The quantitative estimate of drug-likeness (QED) is 0.658. The molecular formula is C16H12ClNO3S2. The van der Waals surface area contributed by atoms with Gasteiger partial charge in [-0.25, -0.2) is 4.79 Å². The molecule has 3 aromatic rings. The normalized spacial score (nSPS) is 10.7. The molecule has 1 amide bonds. The number of thiophene rings is 2. The van der Waals surface area contributed by atoms with Crippen molar-refractivity contribution in [2.24, 2.45) is 0 Å². The van der Waals surface area contributed by atoms with E-state index in [4.69, 9.17) is 16.3 Å². The van der Waals surface area contributed by atoms with E-state index in [1.54, 1.807) is 18.4 Å². The van der Waals surface area contributed by atoms with Crippen LogP contribution < -0.4 is 5.32 Å². The smallest absolute Gasteiger partial charge is 0.341 e. The molecule has 1 N–H and O–H groups in total. The fourth-order valence-electron chi connectivity index (χ4n) is 2.10. The van der Waals surface area contributed by atoms with Crippen LogP contribution >= 0.6 is 34.3 Å². The van der Waals surface area contributed by atoms with Gasteiger partial charge in [0.05, 0.1) is 17.2 Å². The number of ether oxygens (including phenoxy) is 1. The van der Waals surface area contributed by atoms with E-state index in [1.807, 2.05) is 24.3 Å². The van der Waals surface area contributed by atoms with Crippen LogP contribution in [0, 0.1) is 0 Å². The minimum absolute atomic E-state index is 0.282. The van der Waals surface area contributed by atoms with Crippen molar-refractivity contribution in [3.8, 4) is 0 Å². The Hall–Kier alpha value is -1.89. The molecule has 0 aliphatic carbocycles. The van der Waals surface area contributed by atoms with E-state index in [9.17, 15) is 9.59 Å². The SMILES string of the molecule is CCOC(=O)c1ccsc1NC(=O)c1sc2ccccc2c1Cl. The minimum atomic E-state index is -0.452. The Balaban J connectivity index is 1.88. The van der Waals surface area contributed by atoms with E-state index < -0.39 is 5.97 Å². The average molecular weight is 366 g/mol. The van der Waals surface area contributed by atoms with Gasteiger partial charge >= 0.3 is 5.97 Å². The summed E-state index contributed by atoms with van der Waals surface area (Å²) in [7, 11) is 0. The second-order valence-corrected chi connectivity index (χ2v) is 6.93. The van der Waals surface area contributed by atoms with Gasteiger partial charge in [0, 0.05) is 10.1 Å². The summed E-state index contributed by atoms with van der Waals surface area (Å²) in [6.45, 7) is 2.02. The van der Waals surface area contributed by atoms with Crippen LogP contribution in [0.2, 0.25) is 5.02 Å². The van der Waals surface area contributed by atoms with Crippen LogP contribution in [0.15, 0.2) is 35.7 Å². The summed E-state index contributed by atoms with van der Waals surface area (Å²) < 4.78 is 5.92. The highest BCUT2D eigenvalue weighted by Crippen LogP contribution is 2.36. The second-order valence-electron chi connectivity index (χ2n) is 4.58. The van der Waals surface area contributed by atoms with Crippen LogP contribution in [0.3, 0.4) is 0 Å². The molecule has 7 heteroatoms. The van der Waals surface area contributed by atoms with Crippen molar-refractivity contribution in [2.45, 2.75) is 6.92 Å². The molecule has 1 aromatic carbocycles. The zero-order valence-corrected chi connectivity index (χ0v) is 14.5. The maximum absolute atomic E-state index is 12.5. The Kier molecular flexibility index (Phi) is 4.66. The number of rotatable bonds is 4. The zero-order valence-electron chi connectivity index (χ0n) is 12.1. The van der Waals surface area contributed by atoms with Crippen molar-refractivity contribution in [2.75, 3.05) is 11.9 Å². The second kappa shape index (κ2) is 6.70. The van der Waals surface area contributed by atoms with Gasteiger partial charge in [-0.3, -0.25) is 4.79 Å². The Morgan fingerprint density at radius 1 is 1.26 bits per heavy atom. The van der Waals surface area contributed by atoms with E-state index in [1.165, 1.54) is 22.7 Å². The van der Waals surface area contributed by atoms with Gasteiger partial charge in [0.1, 0.15) is 9.88 Å². The average Bonchev–Trinajstić information content (AvgIpc) is 3.13. The number of halogens is 1. The number of benzene rings is 1. The first-order valence-corrected chi connectivity index (χ1v) is 8.92. The lowest BCUT2D eigenvalue weighted by molar-refractivity contribution is 0.0528. The van der Waals surface area contributed by atoms with Gasteiger partial charge in [-0.2, -0.15) is 0 Å². The number of carbonyl (C=O) groups is 2. The van der Waals surface area contributed by atoms with E-state index in [0.717, 1.165) is 10.1 Å². The first kappa shape index (κ1) is 16.0. The molecule has 4 nitrogen and oxygen atoms in total. The Bertz CT molecular complexity index is 884. The third-order valence-electron chi connectivity index (χ3n) is 3.13. The van der Waals surface area contributed by atoms with Crippen molar-refractivity contribution >= 4 is 61.2 Å². The van der Waals surface area contributed by atoms with Crippen molar-refractivity contribution in [3.05, 3.63) is 51.2 Å². The van der Waals surface area contributed by atoms with Gasteiger partial charge < -0.3 is 10.1 Å². The molecule has 2 heterocycles. The summed E-state index contributed by atoms with van der Waals surface area (Å²) in [6, 6.07) is 9.19. The molecule has 0 unspecified atom stereocenters. The van der Waals surface area contributed by atoms with E-state index >= 15 is 0 Å². The number of hydrogen-bond donors (Lipinski definition) is 1. The zero-order chi connectivity index (χ0) is 16.4. The largest absolute Gasteiger partial charge is 0.462 e. The molecule has 0 atom stereocenters. The number of amides is 1.